The van der Waals surface area contributed by atoms with Gasteiger partial charge in [0.15, 0.2) is 0 Å². The molecule has 0 radical (unpaired) electrons. The summed E-state index contributed by atoms with van der Waals surface area (Å²) in [5.74, 6) is -2.19. The van der Waals surface area contributed by atoms with Crippen molar-refractivity contribution in [2.45, 2.75) is 6.61 Å². The predicted octanol–water partition coefficient (Wildman–Crippen LogP) is 3.56. The molecule has 3 nitrogen and oxygen atoms in total. The number of nitrogens with two attached hydrogens (primary N) is 1. The average molecular weight is 298 g/mol. The molecule has 0 saturated carbocycles. The summed E-state index contributed by atoms with van der Waals surface area (Å²) in [5.41, 5.74) is 6.12. The Morgan fingerprint density at radius 3 is 2.50 bits per heavy atom. The van der Waals surface area contributed by atoms with E-state index in [-0.39, 0.29) is 28.4 Å². The molecule has 0 amide bonds. The summed E-state index contributed by atoms with van der Waals surface area (Å²) in [6, 6.07) is 7.45. The zero-order chi connectivity index (χ0) is 14.7. The standard InChI is InChI=1S/C14H10ClF2NO2/c15-13-11(2-1-3-12(13)18)14(19)20-7-8-4-9(16)6-10(17)5-8/h1-6H,7,18H2. The molecule has 0 saturated heterocycles. The number of carbonyl (C=O) groups excluding carboxylic acids is 1. The SMILES string of the molecule is Nc1cccc(C(=O)OCc2cc(F)cc(F)c2)c1Cl. The van der Waals surface area contributed by atoms with Gasteiger partial charge in [0.25, 0.3) is 0 Å². The van der Waals surface area contributed by atoms with E-state index in [1.165, 1.54) is 6.07 Å². The third-order valence-corrected chi connectivity index (χ3v) is 2.96. The quantitative estimate of drug-likeness (QED) is 0.696. The van der Waals surface area contributed by atoms with E-state index < -0.39 is 17.6 Å². The molecule has 2 aromatic carbocycles. The number of carbonyl (C=O) groups is 1. The van der Waals surface area contributed by atoms with Crippen molar-refractivity contribution in [3.05, 3.63) is 64.2 Å². The van der Waals surface area contributed by atoms with E-state index in [1.54, 1.807) is 12.1 Å². The molecule has 20 heavy (non-hydrogen) atoms. The van der Waals surface area contributed by atoms with Gasteiger partial charge in [-0.05, 0) is 29.8 Å². The fourth-order valence-corrected chi connectivity index (χ4v) is 1.83. The van der Waals surface area contributed by atoms with Gasteiger partial charge in [-0.1, -0.05) is 17.7 Å². The van der Waals surface area contributed by atoms with Crippen molar-refractivity contribution in [3.8, 4) is 0 Å². The van der Waals surface area contributed by atoms with Crippen LogP contribution in [-0.4, -0.2) is 5.97 Å². The second-order valence-corrected chi connectivity index (χ2v) is 4.44. The van der Waals surface area contributed by atoms with E-state index in [1.807, 2.05) is 0 Å². The number of rotatable bonds is 3. The van der Waals surface area contributed by atoms with Crippen LogP contribution >= 0.6 is 11.6 Å². The molecule has 0 aliphatic carbocycles. The third-order valence-electron chi connectivity index (χ3n) is 2.54. The normalized spacial score (nSPS) is 10.3. The molecular formula is C14H10ClF2NO2. The van der Waals surface area contributed by atoms with Crippen LogP contribution in [-0.2, 0) is 11.3 Å². The lowest BCUT2D eigenvalue weighted by molar-refractivity contribution is 0.0472. The van der Waals surface area contributed by atoms with Crippen LogP contribution in [0.3, 0.4) is 0 Å². The van der Waals surface area contributed by atoms with Crippen LogP contribution in [0.5, 0.6) is 0 Å². The molecule has 0 aliphatic heterocycles. The van der Waals surface area contributed by atoms with E-state index in [0.717, 1.165) is 18.2 Å². The predicted molar refractivity (Wildman–Crippen MR) is 71.3 cm³/mol. The molecule has 0 aliphatic rings. The first kappa shape index (κ1) is 14.3. The molecular weight excluding hydrogens is 288 g/mol. The molecule has 0 atom stereocenters. The maximum absolute atomic E-state index is 13.0. The van der Waals surface area contributed by atoms with E-state index >= 15 is 0 Å². The van der Waals surface area contributed by atoms with Crippen LogP contribution in [0.4, 0.5) is 14.5 Å². The van der Waals surface area contributed by atoms with Gasteiger partial charge in [0, 0.05) is 6.07 Å². The van der Waals surface area contributed by atoms with Crippen molar-refractivity contribution in [1.29, 1.82) is 0 Å². The molecule has 0 fully saturated rings. The van der Waals surface area contributed by atoms with Crippen molar-refractivity contribution in [2.24, 2.45) is 0 Å². The second-order valence-electron chi connectivity index (χ2n) is 4.06. The molecule has 104 valence electrons. The van der Waals surface area contributed by atoms with Gasteiger partial charge in [-0.2, -0.15) is 0 Å². The Morgan fingerprint density at radius 1 is 1.20 bits per heavy atom. The Labute approximate surface area is 118 Å². The first-order chi connectivity index (χ1) is 9.47. The highest BCUT2D eigenvalue weighted by molar-refractivity contribution is 6.36. The Bertz CT molecular complexity index is 641. The minimum absolute atomic E-state index is 0.0860. The van der Waals surface area contributed by atoms with Gasteiger partial charge in [-0.25, -0.2) is 13.6 Å². The van der Waals surface area contributed by atoms with Crippen LogP contribution in [0.2, 0.25) is 5.02 Å². The van der Waals surface area contributed by atoms with Gasteiger partial charge in [0.2, 0.25) is 0 Å². The monoisotopic (exact) mass is 297 g/mol. The highest BCUT2D eigenvalue weighted by Gasteiger charge is 2.14. The van der Waals surface area contributed by atoms with Gasteiger partial charge < -0.3 is 10.5 Å². The lowest BCUT2D eigenvalue weighted by Gasteiger charge is -2.08. The Kier molecular flexibility index (Phi) is 4.20. The minimum atomic E-state index is -0.738. The fraction of sp³-hybridized carbons (Fsp3) is 0.0714. The van der Waals surface area contributed by atoms with Gasteiger partial charge in [0.05, 0.1) is 16.3 Å². The zero-order valence-corrected chi connectivity index (χ0v) is 11.0. The minimum Gasteiger partial charge on any atom is -0.457 e. The third kappa shape index (κ3) is 3.24. The van der Waals surface area contributed by atoms with Crippen molar-refractivity contribution in [1.82, 2.24) is 0 Å². The summed E-state index contributed by atoms with van der Waals surface area (Å²) < 4.78 is 30.9. The van der Waals surface area contributed by atoms with Gasteiger partial charge in [-0.15, -0.1) is 0 Å². The number of benzene rings is 2. The summed E-state index contributed by atoms with van der Waals surface area (Å²) in [4.78, 5) is 11.8. The fourth-order valence-electron chi connectivity index (χ4n) is 1.63. The van der Waals surface area contributed by atoms with Crippen molar-refractivity contribution in [3.63, 3.8) is 0 Å². The lowest BCUT2D eigenvalue weighted by atomic mass is 10.2. The first-order valence-corrected chi connectivity index (χ1v) is 6.01. The summed E-state index contributed by atoms with van der Waals surface area (Å²) in [7, 11) is 0. The highest BCUT2D eigenvalue weighted by atomic mass is 35.5. The number of anilines is 1. The molecule has 0 aromatic heterocycles. The summed E-state index contributed by atoms with van der Waals surface area (Å²) >= 11 is 5.87. The Hall–Kier alpha value is -2.14. The molecule has 0 bridgehead atoms. The van der Waals surface area contributed by atoms with E-state index in [2.05, 4.69) is 0 Å². The Balaban J connectivity index is 2.10. The smallest absolute Gasteiger partial charge is 0.340 e. The van der Waals surface area contributed by atoms with Crippen LogP contribution < -0.4 is 5.73 Å². The van der Waals surface area contributed by atoms with E-state index in [0.29, 0.717) is 0 Å². The van der Waals surface area contributed by atoms with Crippen LogP contribution in [0.25, 0.3) is 0 Å². The summed E-state index contributed by atoms with van der Waals surface area (Å²) in [6.07, 6.45) is 0. The average Bonchev–Trinajstić information content (AvgIpc) is 2.38. The molecule has 2 aromatic rings. The number of hydrogen-bond acceptors (Lipinski definition) is 3. The topological polar surface area (TPSA) is 52.3 Å². The largest absolute Gasteiger partial charge is 0.457 e. The van der Waals surface area contributed by atoms with Crippen LogP contribution in [0, 0.1) is 11.6 Å². The number of nitrogen functional groups attached to an aromatic ring is 1. The zero-order valence-electron chi connectivity index (χ0n) is 10.2. The van der Waals surface area contributed by atoms with Crippen LogP contribution in [0.15, 0.2) is 36.4 Å². The molecule has 6 heteroatoms. The number of halogens is 3. The maximum atomic E-state index is 13.0. The van der Waals surface area contributed by atoms with Gasteiger partial charge >= 0.3 is 5.97 Å². The van der Waals surface area contributed by atoms with Crippen molar-refractivity contribution in [2.75, 3.05) is 5.73 Å². The first-order valence-electron chi connectivity index (χ1n) is 5.63. The number of esters is 1. The number of hydrogen-bond donors (Lipinski definition) is 1. The Morgan fingerprint density at radius 2 is 1.85 bits per heavy atom. The summed E-state index contributed by atoms with van der Waals surface area (Å²) in [5, 5.41) is 0.0860. The summed E-state index contributed by atoms with van der Waals surface area (Å²) in [6.45, 7) is -0.265. The van der Waals surface area contributed by atoms with E-state index in [9.17, 15) is 13.6 Å². The van der Waals surface area contributed by atoms with Crippen molar-refractivity contribution >= 4 is 23.3 Å². The number of ether oxygens (including phenoxy) is 1. The second kappa shape index (κ2) is 5.88. The molecule has 0 unspecified atom stereocenters. The molecule has 0 spiro atoms. The van der Waals surface area contributed by atoms with Crippen molar-refractivity contribution < 1.29 is 18.3 Å². The van der Waals surface area contributed by atoms with Gasteiger partial charge in [0.1, 0.15) is 18.2 Å². The molecule has 0 heterocycles. The molecule has 2 N–H and O–H groups in total. The van der Waals surface area contributed by atoms with Gasteiger partial charge in [-0.3, -0.25) is 0 Å². The maximum Gasteiger partial charge on any atom is 0.340 e. The lowest BCUT2D eigenvalue weighted by Crippen LogP contribution is -2.07. The van der Waals surface area contributed by atoms with Crippen LogP contribution in [0.1, 0.15) is 15.9 Å². The highest BCUT2D eigenvalue weighted by Crippen LogP contribution is 2.24. The van der Waals surface area contributed by atoms with E-state index in [4.69, 9.17) is 22.1 Å². The molecule has 2 rings (SSSR count).